The second-order valence-corrected chi connectivity index (χ2v) is 3.17. The standard InChI is InChI=1S/C8H14ClNO3/c1-3-5(2)7(8(12)13)10-6(11)4-9/h5,7H,3-4H2,1-2H3,(H,10,11)(H,12,13)/t5-,7-/m0/s1. The Morgan fingerprint density at radius 3 is 2.38 bits per heavy atom. The third kappa shape index (κ3) is 4.12. The van der Waals surface area contributed by atoms with Crippen molar-refractivity contribution >= 4 is 23.5 Å². The Bertz CT molecular complexity index is 196. The number of carboxylic acids is 1. The Balaban J connectivity index is 4.26. The molecule has 1 amide bonds. The average Bonchev–Trinajstić information content (AvgIpc) is 2.11. The van der Waals surface area contributed by atoms with Crippen LogP contribution in [0.3, 0.4) is 0 Å². The molecule has 13 heavy (non-hydrogen) atoms. The van der Waals surface area contributed by atoms with Crippen LogP contribution in [0.5, 0.6) is 0 Å². The first kappa shape index (κ1) is 12.2. The minimum absolute atomic E-state index is 0.0929. The Hall–Kier alpha value is -0.770. The number of nitrogens with one attached hydrogen (secondary N) is 1. The van der Waals surface area contributed by atoms with E-state index in [9.17, 15) is 9.59 Å². The molecule has 0 aromatic heterocycles. The summed E-state index contributed by atoms with van der Waals surface area (Å²) in [4.78, 5) is 21.5. The van der Waals surface area contributed by atoms with Gasteiger partial charge in [-0.05, 0) is 5.92 Å². The summed E-state index contributed by atoms with van der Waals surface area (Å²) in [7, 11) is 0. The van der Waals surface area contributed by atoms with Gasteiger partial charge in [0, 0.05) is 0 Å². The van der Waals surface area contributed by atoms with E-state index in [1.54, 1.807) is 6.92 Å². The van der Waals surface area contributed by atoms with E-state index in [1.165, 1.54) is 0 Å². The molecule has 0 unspecified atom stereocenters. The number of halogens is 1. The van der Waals surface area contributed by atoms with Crippen molar-refractivity contribution in [2.75, 3.05) is 5.88 Å². The topological polar surface area (TPSA) is 66.4 Å². The zero-order valence-corrected chi connectivity index (χ0v) is 8.47. The lowest BCUT2D eigenvalue weighted by Gasteiger charge is -2.19. The zero-order valence-electron chi connectivity index (χ0n) is 7.71. The number of carboxylic acid groups (broad SMARTS) is 1. The van der Waals surface area contributed by atoms with E-state index in [1.807, 2.05) is 6.92 Å². The highest BCUT2D eigenvalue weighted by atomic mass is 35.5. The quantitative estimate of drug-likeness (QED) is 0.657. The first-order valence-corrected chi connectivity index (χ1v) is 4.64. The SMILES string of the molecule is CC[C@H](C)[C@H](NC(=O)CCl)C(=O)O. The maximum Gasteiger partial charge on any atom is 0.326 e. The van der Waals surface area contributed by atoms with Crippen LogP contribution in [-0.4, -0.2) is 28.9 Å². The summed E-state index contributed by atoms with van der Waals surface area (Å²) in [5, 5.41) is 11.1. The molecular weight excluding hydrogens is 194 g/mol. The molecule has 0 bridgehead atoms. The van der Waals surface area contributed by atoms with Crippen molar-refractivity contribution < 1.29 is 14.7 Å². The van der Waals surface area contributed by atoms with Crippen molar-refractivity contribution in [3.05, 3.63) is 0 Å². The molecular formula is C8H14ClNO3. The summed E-state index contributed by atoms with van der Waals surface area (Å²) < 4.78 is 0. The van der Waals surface area contributed by atoms with Gasteiger partial charge in [0.2, 0.25) is 5.91 Å². The van der Waals surface area contributed by atoms with Crippen molar-refractivity contribution in [3.8, 4) is 0 Å². The number of carbonyl (C=O) groups is 2. The van der Waals surface area contributed by atoms with Gasteiger partial charge in [-0.25, -0.2) is 4.79 Å². The monoisotopic (exact) mass is 207 g/mol. The van der Waals surface area contributed by atoms with Crippen LogP contribution >= 0.6 is 11.6 Å². The highest BCUT2D eigenvalue weighted by molar-refractivity contribution is 6.27. The van der Waals surface area contributed by atoms with E-state index in [2.05, 4.69) is 5.32 Å². The number of carbonyl (C=O) groups excluding carboxylic acids is 1. The molecule has 0 aliphatic heterocycles. The van der Waals surface area contributed by atoms with Crippen LogP contribution in [-0.2, 0) is 9.59 Å². The van der Waals surface area contributed by atoms with Crippen molar-refractivity contribution in [2.45, 2.75) is 26.3 Å². The largest absolute Gasteiger partial charge is 0.480 e. The van der Waals surface area contributed by atoms with Gasteiger partial charge in [0.25, 0.3) is 0 Å². The number of hydrogen-bond acceptors (Lipinski definition) is 2. The predicted molar refractivity (Wildman–Crippen MR) is 49.7 cm³/mol. The van der Waals surface area contributed by atoms with Gasteiger partial charge in [-0.3, -0.25) is 4.79 Å². The molecule has 0 heterocycles. The Morgan fingerprint density at radius 1 is 1.54 bits per heavy atom. The van der Waals surface area contributed by atoms with E-state index in [0.717, 1.165) is 0 Å². The molecule has 0 saturated carbocycles. The number of alkyl halides is 1. The molecule has 0 aliphatic carbocycles. The van der Waals surface area contributed by atoms with Gasteiger partial charge in [0.15, 0.2) is 0 Å². The Kier molecular flexibility index (Phi) is 5.46. The molecule has 0 aromatic rings. The van der Waals surface area contributed by atoms with Crippen LogP contribution in [0.1, 0.15) is 20.3 Å². The first-order valence-electron chi connectivity index (χ1n) is 4.11. The lowest BCUT2D eigenvalue weighted by molar-refractivity contribution is -0.143. The number of aliphatic carboxylic acids is 1. The maximum atomic E-state index is 10.8. The minimum Gasteiger partial charge on any atom is -0.480 e. The molecule has 76 valence electrons. The highest BCUT2D eigenvalue weighted by Gasteiger charge is 2.24. The molecule has 0 saturated heterocycles. The molecule has 2 N–H and O–H groups in total. The number of rotatable bonds is 5. The van der Waals surface area contributed by atoms with Crippen LogP contribution in [0.4, 0.5) is 0 Å². The first-order chi connectivity index (χ1) is 6.02. The van der Waals surface area contributed by atoms with Gasteiger partial charge in [-0.2, -0.15) is 0 Å². The van der Waals surface area contributed by atoms with Crippen molar-refractivity contribution in [2.24, 2.45) is 5.92 Å². The minimum atomic E-state index is -1.02. The number of amides is 1. The summed E-state index contributed by atoms with van der Waals surface area (Å²) in [6.45, 7) is 3.64. The predicted octanol–water partition coefficient (Wildman–Crippen LogP) is 0.841. The summed E-state index contributed by atoms with van der Waals surface area (Å²) in [5.41, 5.74) is 0. The fourth-order valence-electron chi connectivity index (χ4n) is 0.895. The Morgan fingerprint density at radius 2 is 2.08 bits per heavy atom. The fraction of sp³-hybridized carbons (Fsp3) is 0.750. The Labute approximate surface area is 82.3 Å². The van der Waals surface area contributed by atoms with Crippen LogP contribution in [0.25, 0.3) is 0 Å². The van der Waals surface area contributed by atoms with Gasteiger partial charge >= 0.3 is 5.97 Å². The third-order valence-electron chi connectivity index (χ3n) is 1.92. The van der Waals surface area contributed by atoms with Crippen molar-refractivity contribution in [1.29, 1.82) is 0 Å². The summed E-state index contributed by atoms with van der Waals surface area (Å²) in [6, 6.07) is -0.837. The smallest absolute Gasteiger partial charge is 0.326 e. The van der Waals surface area contributed by atoms with E-state index in [4.69, 9.17) is 16.7 Å². The molecule has 5 heteroatoms. The molecule has 0 fully saturated rings. The van der Waals surface area contributed by atoms with Gasteiger partial charge in [0.1, 0.15) is 11.9 Å². The fourth-order valence-corrected chi connectivity index (χ4v) is 0.972. The van der Waals surface area contributed by atoms with Gasteiger partial charge in [-0.1, -0.05) is 20.3 Å². The molecule has 4 nitrogen and oxygen atoms in total. The van der Waals surface area contributed by atoms with Gasteiger partial charge in [0.05, 0.1) is 0 Å². The molecule has 0 aliphatic rings. The molecule has 0 radical (unpaired) electrons. The summed E-state index contributed by atoms with van der Waals surface area (Å²) in [6.07, 6.45) is 0.694. The van der Waals surface area contributed by atoms with Crippen LogP contribution in [0.2, 0.25) is 0 Å². The van der Waals surface area contributed by atoms with Crippen LogP contribution < -0.4 is 5.32 Å². The average molecular weight is 208 g/mol. The van der Waals surface area contributed by atoms with Gasteiger partial charge < -0.3 is 10.4 Å². The molecule has 0 aromatic carbocycles. The van der Waals surface area contributed by atoms with E-state index in [-0.39, 0.29) is 11.8 Å². The van der Waals surface area contributed by atoms with Gasteiger partial charge in [-0.15, -0.1) is 11.6 Å². The van der Waals surface area contributed by atoms with Crippen LogP contribution in [0, 0.1) is 5.92 Å². The highest BCUT2D eigenvalue weighted by Crippen LogP contribution is 2.07. The third-order valence-corrected chi connectivity index (χ3v) is 2.16. The second-order valence-electron chi connectivity index (χ2n) is 2.90. The second kappa shape index (κ2) is 5.80. The van der Waals surface area contributed by atoms with Crippen LogP contribution in [0.15, 0.2) is 0 Å². The normalized spacial score (nSPS) is 14.7. The van der Waals surface area contributed by atoms with E-state index >= 15 is 0 Å². The lowest BCUT2D eigenvalue weighted by atomic mass is 9.99. The maximum absolute atomic E-state index is 10.8. The molecule has 0 spiro atoms. The number of hydrogen-bond donors (Lipinski definition) is 2. The van der Waals surface area contributed by atoms with E-state index < -0.39 is 17.9 Å². The zero-order chi connectivity index (χ0) is 10.4. The molecule has 2 atom stereocenters. The summed E-state index contributed by atoms with van der Waals surface area (Å²) >= 11 is 5.24. The lowest BCUT2D eigenvalue weighted by Crippen LogP contribution is -2.45. The van der Waals surface area contributed by atoms with E-state index in [0.29, 0.717) is 6.42 Å². The summed E-state index contributed by atoms with van der Waals surface area (Å²) in [5.74, 6) is -1.77. The molecule has 0 rings (SSSR count). The van der Waals surface area contributed by atoms with Crippen molar-refractivity contribution in [1.82, 2.24) is 5.32 Å². The van der Waals surface area contributed by atoms with Crippen molar-refractivity contribution in [3.63, 3.8) is 0 Å².